The van der Waals surface area contributed by atoms with Crippen molar-refractivity contribution in [3.63, 3.8) is 0 Å². The van der Waals surface area contributed by atoms with Crippen LogP contribution in [-0.2, 0) is 0 Å². The van der Waals surface area contributed by atoms with E-state index in [4.69, 9.17) is 9.52 Å². The van der Waals surface area contributed by atoms with E-state index < -0.39 is 17.7 Å². The summed E-state index contributed by atoms with van der Waals surface area (Å²) in [6.07, 6.45) is 1.02. The first-order chi connectivity index (χ1) is 12.4. The number of hydrogen-bond acceptors (Lipinski definition) is 4. The van der Waals surface area contributed by atoms with Crippen molar-refractivity contribution >= 4 is 17.8 Å². The Labute approximate surface area is 148 Å². The van der Waals surface area contributed by atoms with E-state index in [1.165, 1.54) is 17.0 Å². The molecule has 0 spiro atoms. The molecule has 0 saturated carbocycles. The number of hydrogen-bond donors (Lipinski definition) is 1. The summed E-state index contributed by atoms with van der Waals surface area (Å²) in [6, 6.07) is 5.52. The second-order valence-electron chi connectivity index (χ2n) is 6.05. The summed E-state index contributed by atoms with van der Waals surface area (Å²) >= 11 is 0. The maximum atomic E-state index is 13.6. The van der Waals surface area contributed by atoms with Crippen LogP contribution in [0.25, 0.3) is 0 Å². The first-order valence-electron chi connectivity index (χ1n) is 8.03. The van der Waals surface area contributed by atoms with Crippen LogP contribution in [0.15, 0.2) is 34.9 Å². The van der Waals surface area contributed by atoms with Gasteiger partial charge in [0.25, 0.3) is 11.8 Å². The first kappa shape index (κ1) is 17.7. The predicted octanol–water partition coefficient (Wildman–Crippen LogP) is 2.02. The molecule has 26 heavy (non-hydrogen) atoms. The van der Waals surface area contributed by atoms with E-state index in [1.54, 1.807) is 24.0 Å². The number of carbonyl (C=O) groups is 3. The molecule has 1 saturated heterocycles. The third kappa shape index (κ3) is 3.44. The number of carbonyl (C=O) groups excluding carboxylic acids is 2. The van der Waals surface area contributed by atoms with Crippen LogP contribution in [0.1, 0.15) is 36.8 Å². The number of furan rings is 1. The molecule has 1 aromatic heterocycles. The van der Waals surface area contributed by atoms with E-state index >= 15 is 0 Å². The van der Waals surface area contributed by atoms with Gasteiger partial charge in [-0.05, 0) is 24.6 Å². The topological polar surface area (TPSA) is 91.1 Å². The van der Waals surface area contributed by atoms with Gasteiger partial charge < -0.3 is 19.3 Å². The summed E-state index contributed by atoms with van der Waals surface area (Å²) in [6.45, 7) is 2.78. The lowest BCUT2D eigenvalue weighted by molar-refractivity contribution is 0.0518. The van der Waals surface area contributed by atoms with Gasteiger partial charge >= 0.3 is 5.97 Å². The van der Waals surface area contributed by atoms with E-state index in [0.717, 1.165) is 6.26 Å². The highest BCUT2D eigenvalue weighted by Crippen LogP contribution is 2.16. The van der Waals surface area contributed by atoms with Crippen LogP contribution in [-0.4, -0.2) is 58.9 Å². The van der Waals surface area contributed by atoms with Gasteiger partial charge in [-0.1, -0.05) is 6.07 Å². The van der Waals surface area contributed by atoms with E-state index in [2.05, 4.69) is 0 Å². The molecule has 0 bridgehead atoms. The second kappa shape index (κ2) is 6.99. The standard InChI is InChI=1S/C18H17FN2O5/c1-11-2-3-12(8-14(11)19)16(22)20-4-6-21(7-5-20)17(23)15-9-13(10-26-15)18(24)25/h2-3,8-10H,4-7H2,1H3,(H,24,25). The Kier molecular flexibility index (Phi) is 4.75. The van der Waals surface area contributed by atoms with Crippen LogP contribution in [0.5, 0.6) is 0 Å². The number of rotatable bonds is 3. The number of piperazine rings is 1. The maximum absolute atomic E-state index is 13.6. The molecule has 2 heterocycles. The molecule has 3 rings (SSSR count). The zero-order chi connectivity index (χ0) is 18.8. The fourth-order valence-corrected chi connectivity index (χ4v) is 2.74. The van der Waals surface area contributed by atoms with Gasteiger partial charge in [-0.2, -0.15) is 0 Å². The molecule has 1 aliphatic heterocycles. The number of halogens is 1. The van der Waals surface area contributed by atoms with Gasteiger partial charge in [0.1, 0.15) is 12.1 Å². The molecule has 1 aromatic carbocycles. The van der Waals surface area contributed by atoms with E-state index in [0.29, 0.717) is 18.7 Å². The normalized spacial score (nSPS) is 14.4. The zero-order valence-corrected chi connectivity index (χ0v) is 14.1. The monoisotopic (exact) mass is 360 g/mol. The number of aromatic carboxylic acids is 1. The minimum absolute atomic E-state index is 0.0530. The summed E-state index contributed by atoms with van der Waals surface area (Å²) in [5.41, 5.74) is 0.643. The number of carboxylic acids is 1. The van der Waals surface area contributed by atoms with E-state index in [9.17, 15) is 18.8 Å². The molecule has 0 radical (unpaired) electrons. The average Bonchev–Trinajstić information content (AvgIpc) is 3.13. The summed E-state index contributed by atoms with van der Waals surface area (Å²) in [5, 5.41) is 8.88. The molecule has 0 atom stereocenters. The highest BCUT2D eigenvalue weighted by atomic mass is 19.1. The SMILES string of the molecule is Cc1ccc(C(=O)N2CCN(C(=O)c3cc(C(=O)O)co3)CC2)cc1F. The molecule has 7 nitrogen and oxygen atoms in total. The summed E-state index contributed by atoms with van der Waals surface area (Å²) in [4.78, 5) is 38.7. The van der Waals surface area contributed by atoms with Gasteiger partial charge in [0, 0.05) is 37.8 Å². The average molecular weight is 360 g/mol. The molecular formula is C18H17FN2O5. The summed E-state index contributed by atoms with van der Waals surface area (Å²) in [7, 11) is 0. The lowest BCUT2D eigenvalue weighted by Crippen LogP contribution is -2.50. The summed E-state index contributed by atoms with van der Waals surface area (Å²) < 4.78 is 18.7. The third-order valence-corrected chi connectivity index (χ3v) is 4.33. The lowest BCUT2D eigenvalue weighted by Gasteiger charge is -2.34. The number of aryl methyl sites for hydroxylation is 1. The van der Waals surface area contributed by atoms with Crippen LogP contribution in [0.4, 0.5) is 4.39 Å². The minimum atomic E-state index is -1.17. The molecule has 1 aliphatic rings. The first-order valence-corrected chi connectivity index (χ1v) is 8.03. The Morgan fingerprint density at radius 2 is 1.62 bits per heavy atom. The Balaban J connectivity index is 1.62. The van der Waals surface area contributed by atoms with E-state index in [-0.39, 0.29) is 35.9 Å². The smallest absolute Gasteiger partial charge is 0.338 e. The van der Waals surface area contributed by atoms with Crippen molar-refractivity contribution in [2.45, 2.75) is 6.92 Å². The van der Waals surface area contributed by atoms with Gasteiger partial charge in [0.15, 0.2) is 5.76 Å². The molecule has 0 aliphatic carbocycles. The molecular weight excluding hydrogens is 343 g/mol. The zero-order valence-electron chi connectivity index (χ0n) is 14.1. The van der Waals surface area contributed by atoms with Crippen LogP contribution in [0.3, 0.4) is 0 Å². The Morgan fingerprint density at radius 1 is 1.00 bits per heavy atom. The highest BCUT2D eigenvalue weighted by molar-refractivity contribution is 5.96. The fourth-order valence-electron chi connectivity index (χ4n) is 2.74. The van der Waals surface area contributed by atoms with Crippen molar-refractivity contribution in [2.75, 3.05) is 26.2 Å². The van der Waals surface area contributed by atoms with Crippen LogP contribution in [0, 0.1) is 12.7 Å². The Morgan fingerprint density at radius 3 is 2.15 bits per heavy atom. The predicted molar refractivity (Wildman–Crippen MR) is 88.6 cm³/mol. The highest BCUT2D eigenvalue weighted by Gasteiger charge is 2.27. The third-order valence-electron chi connectivity index (χ3n) is 4.33. The van der Waals surface area contributed by atoms with Crippen molar-refractivity contribution in [3.8, 4) is 0 Å². The van der Waals surface area contributed by atoms with Gasteiger partial charge in [0.2, 0.25) is 0 Å². The van der Waals surface area contributed by atoms with Gasteiger partial charge in [-0.25, -0.2) is 9.18 Å². The Bertz CT molecular complexity index is 868. The largest absolute Gasteiger partial charge is 0.478 e. The number of nitrogens with zero attached hydrogens (tertiary/aromatic N) is 2. The van der Waals surface area contributed by atoms with Crippen molar-refractivity contribution in [3.05, 3.63) is 58.8 Å². The van der Waals surface area contributed by atoms with Crippen LogP contribution < -0.4 is 0 Å². The Hall–Kier alpha value is -3.16. The van der Waals surface area contributed by atoms with Crippen molar-refractivity contribution in [1.29, 1.82) is 0 Å². The van der Waals surface area contributed by atoms with Crippen molar-refractivity contribution in [1.82, 2.24) is 9.80 Å². The number of amides is 2. The molecule has 2 amide bonds. The second-order valence-corrected chi connectivity index (χ2v) is 6.05. The maximum Gasteiger partial charge on any atom is 0.338 e. The minimum Gasteiger partial charge on any atom is -0.478 e. The molecule has 8 heteroatoms. The van der Waals surface area contributed by atoms with Crippen LogP contribution >= 0.6 is 0 Å². The molecule has 136 valence electrons. The molecule has 2 aromatic rings. The molecule has 1 N–H and O–H groups in total. The van der Waals surface area contributed by atoms with E-state index in [1.807, 2.05) is 0 Å². The van der Waals surface area contributed by atoms with Crippen LogP contribution in [0.2, 0.25) is 0 Å². The quantitative estimate of drug-likeness (QED) is 0.904. The van der Waals surface area contributed by atoms with Gasteiger partial charge in [-0.3, -0.25) is 9.59 Å². The molecule has 1 fully saturated rings. The van der Waals surface area contributed by atoms with Gasteiger partial charge in [0.05, 0.1) is 5.56 Å². The van der Waals surface area contributed by atoms with Crippen molar-refractivity contribution in [2.24, 2.45) is 0 Å². The number of benzene rings is 1. The summed E-state index contributed by atoms with van der Waals surface area (Å²) in [5.74, 6) is -2.37. The lowest BCUT2D eigenvalue weighted by atomic mass is 10.1. The fraction of sp³-hybridized carbons (Fsp3) is 0.278. The van der Waals surface area contributed by atoms with Crippen molar-refractivity contribution < 1.29 is 28.3 Å². The van der Waals surface area contributed by atoms with Gasteiger partial charge in [-0.15, -0.1) is 0 Å². The molecule has 0 unspecified atom stereocenters. The number of carboxylic acid groups (broad SMARTS) is 1.